The van der Waals surface area contributed by atoms with Crippen LogP contribution in [0.4, 0.5) is 13.2 Å². The third-order valence-electron chi connectivity index (χ3n) is 4.12. The van der Waals surface area contributed by atoms with Crippen molar-refractivity contribution in [2.75, 3.05) is 0 Å². The van der Waals surface area contributed by atoms with E-state index in [0.717, 1.165) is 23.8 Å². The van der Waals surface area contributed by atoms with Gasteiger partial charge >= 0.3 is 0 Å². The lowest BCUT2D eigenvalue weighted by Gasteiger charge is -2.41. The van der Waals surface area contributed by atoms with Gasteiger partial charge in [-0.3, -0.25) is 0 Å². The Morgan fingerprint density at radius 2 is 1.85 bits per heavy atom. The molecule has 2 unspecified atom stereocenters. The van der Waals surface area contributed by atoms with Gasteiger partial charge in [-0.15, -0.1) is 0 Å². The van der Waals surface area contributed by atoms with E-state index in [1.165, 1.54) is 0 Å². The molecule has 0 amide bonds. The molecule has 0 aliphatic heterocycles. The molecule has 116 valence electrons. The molecule has 0 N–H and O–H groups in total. The zero-order valence-electron chi connectivity index (χ0n) is 12.8. The summed E-state index contributed by atoms with van der Waals surface area (Å²) in [6.45, 7) is 9.00. The summed E-state index contributed by atoms with van der Waals surface area (Å²) in [5.74, 6) is -0.545. The van der Waals surface area contributed by atoms with Crippen LogP contribution in [0.15, 0.2) is 12.7 Å². The zero-order chi connectivity index (χ0) is 15.6. The predicted molar refractivity (Wildman–Crippen MR) is 72.4 cm³/mol. The fraction of sp³-hybridized carbons (Fsp3) is 0.857. The second-order valence-electron chi connectivity index (χ2n) is 6.43. The Balaban J connectivity index is 3.21. The molecule has 0 bridgehead atoms. The monoisotopic (exact) mass is 291 g/mol. The minimum Gasteiger partial charge on any atom is -0.241 e. The van der Waals surface area contributed by atoms with E-state index in [2.05, 4.69) is 10.1 Å². The van der Waals surface area contributed by atoms with Crippen LogP contribution >= 0.6 is 0 Å². The van der Waals surface area contributed by atoms with E-state index in [1.807, 2.05) is 20.8 Å². The largest absolute Gasteiger partial charge is 0.263 e. The standard InChI is InChI=1S/C14H24F3N3/c1-6-13(4,5)7-14(17,10(2)3)11(12(15)16)20-9-18-8-19-20/h8-12H,6-7H2,1-5H3. The Bertz CT molecular complexity index is 404. The quantitative estimate of drug-likeness (QED) is 0.751. The van der Waals surface area contributed by atoms with E-state index >= 15 is 4.39 Å². The molecule has 2 atom stereocenters. The van der Waals surface area contributed by atoms with Crippen LogP contribution in [0, 0.1) is 11.3 Å². The van der Waals surface area contributed by atoms with Crippen molar-refractivity contribution in [3.8, 4) is 0 Å². The fourth-order valence-electron chi connectivity index (χ4n) is 2.41. The number of nitrogens with zero attached hydrogens (tertiary/aromatic N) is 3. The first-order chi connectivity index (χ1) is 9.14. The molecule has 1 heterocycles. The number of aromatic nitrogens is 3. The summed E-state index contributed by atoms with van der Waals surface area (Å²) in [4.78, 5) is 3.67. The lowest BCUT2D eigenvalue weighted by atomic mass is 9.71. The normalized spacial score (nSPS) is 17.5. The van der Waals surface area contributed by atoms with Gasteiger partial charge in [0.25, 0.3) is 6.43 Å². The van der Waals surface area contributed by atoms with E-state index in [1.54, 1.807) is 13.8 Å². The fourth-order valence-corrected chi connectivity index (χ4v) is 2.41. The third kappa shape index (κ3) is 3.52. The number of rotatable bonds is 7. The molecule has 20 heavy (non-hydrogen) atoms. The van der Waals surface area contributed by atoms with Crippen molar-refractivity contribution in [3.05, 3.63) is 12.7 Å². The summed E-state index contributed by atoms with van der Waals surface area (Å²) in [5.41, 5.74) is -2.39. The topological polar surface area (TPSA) is 30.7 Å². The maximum atomic E-state index is 15.5. The highest BCUT2D eigenvalue weighted by Crippen LogP contribution is 2.46. The van der Waals surface area contributed by atoms with E-state index in [0.29, 0.717) is 0 Å². The third-order valence-corrected chi connectivity index (χ3v) is 4.12. The molecule has 1 aromatic heterocycles. The maximum absolute atomic E-state index is 15.5. The van der Waals surface area contributed by atoms with Crippen LogP contribution in [0.5, 0.6) is 0 Å². The van der Waals surface area contributed by atoms with Gasteiger partial charge in [0.1, 0.15) is 24.4 Å². The van der Waals surface area contributed by atoms with Gasteiger partial charge in [0.2, 0.25) is 0 Å². The minimum atomic E-state index is -2.84. The molecule has 0 spiro atoms. The lowest BCUT2D eigenvalue weighted by molar-refractivity contribution is -0.0760. The predicted octanol–water partition coefficient (Wildman–Crippen LogP) is 4.27. The highest BCUT2D eigenvalue weighted by atomic mass is 19.3. The van der Waals surface area contributed by atoms with Crippen LogP contribution < -0.4 is 0 Å². The first-order valence-corrected chi connectivity index (χ1v) is 6.95. The highest BCUT2D eigenvalue weighted by molar-refractivity contribution is 4.97. The SMILES string of the molecule is CCC(C)(C)CC(F)(C(C)C)C(C(F)F)n1cncn1. The van der Waals surface area contributed by atoms with Crippen molar-refractivity contribution in [2.24, 2.45) is 11.3 Å². The summed E-state index contributed by atoms with van der Waals surface area (Å²) in [6.07, 6.45) is 0.256. The molecule has 0 aliphatic rings. The molecule has 0 aromatic carbocycles. The van der Waals surface area contributed by atoms with E-state index in [4.69, 9.17) is 0 Å². The maximum Gasteiger partial charge on any atom is 0.263 e. The number of hydrogen-bond donors (Lipinski definition) is 0. The van der Waals surface area contributed by atoms with Gasteiger partial charge in [-0.25, -0.2) is 22.8 Å². The van der Waals surface area contributed by atoms with Crippen LogP contribution in [0.25, 0.3) is 0 Å². The molecule has 1 aromatic rings. The highest BCUT2D eigenvalue weighted by Gasteiger charge is 2.51. The minimum absolute atomic E-state index is 0.0586. The Labute approximate surface area is 118 Å². The van der Waals surface area contributed by atoms with Crippen LogP contribution in [0.2, 0.25) is 0 Å². The average Bonchev–Trinajstić information content (AvgIpc) is 2.81. The molecular formula is C14H24F3N3. The van der Waals surface area contributed by atoms with Gasteiger partial charge in [-0.1, -0.05) is 41.0 Å². The first kappa shape index (κ1) is 17.0. The summed E-state index contributed by atoms with van der Waals surface area (Å²) in [6, 6.07) is -1.61. The van der Waals surface area contributed by atoms with E-state index in [-0.39, 0.29) is 11.8 Å². The second kappa shape index (κ2) is 6.14. The second-order valence-corrected chi connectivity index (χ2v) is 6.43. The van der Waals surface area contributed by atoms with Gasteiger partial charge in [-0.2, -0.15) is 5.10 Å². The van der Waals surface area contributed by atoms with Crippen molar-refractivity contribution in [3.63, 3.8) is 0 Å². The molecule has 0 saturated heterocycles. The van der Waals surface area contributed by atoms with E-state index in [9.17, 15) is 8.78 Å². The van der Waals surface area contributed by atoms with Crippen LogP contribution in [-0.4, -0.2) is 26.9 Å². The number of halogens is 3. The van der Waals surface area contributed by atoms with E-state index < -0.39 is 24.1 Å². The smallest absolute Gasteiger partial charge is 0.241 e. The Hall–Kier alpha value is -1.07. The summed E-state index contributed by atoms with van der Waals surface area (Å²) >= 11 is 0. The molecule has 3 nitrogen and oxygen atoms in total. The molecular weight excluding hydrogens is 267 g/mol. The Morgan fingerprint density at radius 1 is 1.25 bits per heavy atom. The summed E-state index contributed by atoms with van der Waals surface area (Å²) < 4.78 is 43.4. The molecule has 0 saturated carbocycles. The van der Waals surface area contributed by atoms with Crippen molar-refractivity contribution in [2.45, 2.75) is 65.6 Å². The molecule has 0 radical (unpaired) electrons. The van der Waals surface area contributed by atoms with Gasteiger partial charge in [0.15, 0.2) is 0 Å². The van der Waals surface area contributed by atoms with Crippen LogP contribution in [0.1, 0.15) is 53.5 Å². The van der Waals surface area contributed by atoms with Crippen molar-refractivity contribution in [1.82, 2.24) is 14.8 Å². The zero-order valence-corrected chi connectivity index (χ0v) is 12.8. The first-order valence-electron chi connectivity index (χ1n) is 6.95. The van der Waals surface area contributed by atoms with Gasteiger partial charge in [0.05, 0.1) is 0 Å². The summed E-state index contributed by atoms with van der Waals surface area (Å²) in [5, 5.41) is 3.73. The van der Waals surface area contributed by atoms with Crippen LogP contribution in [-0.2, 0) is 0 Å². The lowest BCUT2D eigenvalue weighted by Crippen LogP contribution is -2.46. The Morgan fingerprint density at radius 3 is 2.20 bits per heavy atom. The molecule has 1 rings (SSSR count). The van der Waals surface area contributed by atoms with Gasteiger partial charge in [-0.05, 0) is 17.8 Å². The Kier molecular flexibility index (Phi) is 5.21. The van der Waals surface area contributed by atoms with Gasteiger partial charge < -0.3 is 0 Å². The van der Waals surface area contributed by atoms with Crippen molar-refractivity contribution >= 4 is 0 Å². The van der Waals surface area contributed by atoms with Crippen molar-refractivity contribution < 1.29 is 13.2 Å². The number of alkyl halides is 3. The van der Waals surface area contributed by atoms with Crippen LogP contribution in [0.3, 0.4) is 0 Å². The molecule has 0 fully saturated rings. The summed E-state index contributed by atoms with van der Waals surface area (Å²) in [7, 11) is 0. The molecule has 0 aliphatic carbocycles. The van der Waals surface area contributed by atoms with Crippen molar-refractivity contribution in [1.29, 1.82) is 0 Å². The number of hydrogen-bond acceptors (Lipinski definition) is 2. The average molecular weight is 291 g/mol. The van der Waals surface area contributed by atoms with Gasteiger partial charge in [0, 0.05) is 0 Å². The molecule has 6 heteroatoms.